The molecule has 1 heterocycles. The summed E-state index contributed by atoms with van der Waals surface area (Å²) in [4.78, 5) is 0. The summed E-state index contributed by atoms with van der Waals surface area (Å²) in [7, 11) is 0. The fraction of sp³-hybridized carbons (Fsp3) is 0.130. The molecule has 4 aromatic rings. The van der Waals surface area contributed by atoms with Crippen LogP contribution in [0.4, 0.5) is 5.69 Å². The highest BCUT2D eigenvalue weighted by molar-refractivity contribution is 6.30. The maximum atomic E-state index is 6.23. The highest BCUT2D eigenvalue weighted by atomic mass is 35.5. The van der Waals surface area contributed by atoms with Crippen molar-refractivity contribution in [1.29, 1.82) is 0 Å². The molecule has 0 bridgehead atoms. The van der Waals surface area contributed by atoms with Crippen LogP contribution in [-0.4, -0.2) is 10.2 Å². The van der Waals surface area contributed by atoms with Crippen molar-refractivity contribution in [2.24, 2.45) is 0 Å². The molecule has 0 fully saturated rings. The molecule has 0 saturated heterocycles. The number of benzene rings is 3. The van der Waals surface area contributed by atoms with E-state index in [1.165, 1.54) is 5.56 Å². The number of nitrogens with one attached hydrogen (secondary N) is 1. The quantitative estimate of drug-likeness (QED) is 0.429. The summed E-state index contributed by atoms with van der Waals surface area (Å²) in [5.74, 6) is 0.981. The Morgan fingerprint density at radius 3 is 2.54 bits per heavy atom. The smallest absolute Gasteiger partial charge is 0.247 e. The van der Waals surface area contributed by atoms with Crippen molar-refractivity contribution in [2.75, 3.05) is 5.32 Å². The van der Waals surface area contributed by atoms with Crippen molar-refractivity contribution in [3.8, 4) is 11.5 Å². The van der Waals surface area contributed by atoms with Gasteiger partial charge in [0, 0.05) is 16.3 Å². The lowest BCUT2D eigenvalue weighted by atomic mass is 10.1. The van der Waals surface area contributed by atoms with Crippen LogP contribution in [0.5, 0.6) is 0 Å². The molecule has 0 amide bonds. The molecular weight excluding hydrogens is 370 g/mol. The minimum atomic E-state index is -0.309. The van der Waals surface area contributed by atoms with Crippen molar-refractivity contribution in [3.05, 3.63) is 101 Å². The first-order valence-corrected chi connectivity index (χ1v) is 9.60. The van der Waals surface area contributed by atoms with Gasteiger partial charge in [-0.05, 0) is 53.9 Å². The zero-order valence-corrected chi connectivity index (χ0v) is 16.2. The van der Waals surface area contributed by atoms with E-state index in [9.17, 15) is 0 Å². The normalized spacial score (nSPS) is 11.9. The number of aromatic nitrogens is 2. The molecule has 0 spiro atoms. The van der Waals surface area contributed by atoms with Crippen LogP contribution in [0.15, 0.2) is 83.3 Å². The lowest BCUT2D eigenvalue weighted by Crippen LogP contribution is -2.13. The summed E-state index contributed by atoms with van der Waals surface area (Å²) in [6, 6.07) is 25.4. The SMILES string of the molecule is CCc1cccc(N[C@@H](c2cccc(Cl)c2)c2nnc(-c3ccccc3)o2)c1. The molecule has 0 unspecified atom stereocenters. The van der Waals surface area contributed by atoms with Gasteiger partial charge in [0.1, 0.15) is 6.04 Å². The first kappa shape index (κ1) is 18.3. The summed E-state index contributed by atoms with van der Waals surface area (Å²) in [6.45, 7) is 2.14. The maximum absolute atomic E-state index is 6.23. The maximum Gasteiger partial charge on any atom is 0.247 e. The summed E-state index contributed by atoms with van der Waals surface area (Å²) in [5.41, 5.74) is 4.09. The van der Waals surface area contributed by atoms with Gasteiger partial charge in [0.15, 0.2) is 0 Å². The molecule has 0 aliphatic rings. The Kier molecular flexibility index (Phi) is 5.40. The van der Waals surface area contributed by atoms with E-state index in [0.717, 1.165) is 23.2 Å². The molecule has 5 heteroatoms. The van der Waals surface area contributed by atoms with Crippen LogP contribution in [0, 0.1) is 0 Å². The first-order valence-electron chi connectivity index (χ1n) is 9.22. The third-order valence-corrected chi connectivity index (χ3v) is 4.77. The Balaban J connectivity index is 1.72. The van der Waals surface area contributed by atoms with E-state index in [-0.39, 0.29) is 6.04 Å². The second-order valence-electron chi connectivity index (χ2n) is 6.50. The third-order valence-electron chi connectivity index (χ3n) is 4.54. The van der Waals surface area contributed by atoms with Gasteiger partial charge in [-0.1, -0.05) is 61.0 Å². The molecule has 140 valence electrons. The Morgan fingerprint density at radius 2 is 1.75 bits per heavy atom. The average molecular weight is 390 g/mol. The van der Waals surface area contributed by atoms with Crippen LogP contribution in [0.2, 0.25) is 5.02 Å². The number of rotatable bonds is 6. The molecule has 1 N–H and O–H groups in total. The number of nitrogens with zero attached hydrogens (tertiary/aromatic N) is 2. The van der Waals surface area contributed by atoms with Gasteiger partial charge in [0.25, 0.3) is 0 Å². The van der Waals surface area contributed by atoms with E-state index in [2.05, 4.69) is 34.6 Å². The first-order chi connectivity index (χ1) is 13.7. The van der Waals surface area contributed by atoms with Gasteiger partial charge in [0.2, 0.25) is 11.8 Å². The zero-order chi connectivity index (χ0) is 19.3. The van der Waals surface area contributed by atoms with Crippen molar-refractivity contribution in [2.45, 2.75) is 19.4 Å². The molecule has 0 radical (unpaired) electrons. The van der Waals surface area contributed by atoms with E-state index in [0.29, 0.717) is 16.8 Å². The fourth-order valence-electron chi connectivity index (χ4n) is 3.07. The lowest BCUT2D eigenvalue weighted by Gasteiger charge is -2.18. The number of hydrogen-bond acceptors (Lipinski definition) is 4. The highest BCUT2D eigenvalue weighted by Gasteiger charge is 2.22. The molecule has 4 rings (SSSR count). The van der Waals surface area contributed by atoms with Crippen LogP contribution in [0.25, 0.3) is 11.5 Å². The zero-order valence-electron chi connectivity index (χ0n) is 15.5. The molecule has 1 atom stereocenters. The molecule has 28 heavy (non-hydrogen) atoms. The molecule has 3 aromatic carbocycles. The van der Waals surface area contributed by atoms with Gasteiger partial charge in [-0.25, -0.2) is 0 Å². The van der Waals surface area contributed by atoms with Gasteiger partial charge < -0.3 is 9.73 Å². The van der Waals surface area contributed by atoms with E-state index in [1.807, 2.05) is 66.7 Å². The monoisotopic (exact) mass is 389 g/mol. The van der Waals surface area contributed by atoms with Crippen molar-refractivity contribution >= 4 is 17.3 Å². The number of hydrogen-bond donors (Lipinski definition) is 1. The van der Waals surface area contributed by atoms with Crippen LogP contribution in [0.1, 0.15) is 30.0 Å². The third kappa shape index (κ3) is 4.07. The number of halogens is 1. The van der Waals surface area contributed by atoms with E-state index in [1.54, 1.807) is 0 Å². The predicted molar refractivity (Wildman–Crippen MR) is 112 cm³/mol. The summed E-state index contributed by atoms with van der Waals surface area (Å²) in [6.07, 6.45) is 0.968. The number of aryl methyl sites for hydroxylation is 1. The average Bonchev–Trinajstić information content (AvgIpc) is 3.23. The second-order valence-corrected chi connectivity index (χ2v) is 6.93. The minimum absolute atomic E-state index is 0.309. The van der Waals surface area contributed by atoms with Crippen molar-refractivity contribution < 1.29 is 4.42 Å². The Bertz CT molecular complexity index is 1060. The lowest BCUT2D eigenvalue weighted by molar-refractivity contribution is 0.494. The molecule has 0 aliphatic carbocycles. The summed E-state index contributed by atoms with van der Waals surface area (Å²) in [5, 5.41) is 12.7. The Hall–Kier alpha value is -3.11. The standard InChI is InChI=1S/C23H20ClN3O/c1-2-16-8-6-13-20(14-16)25-21(18-11-7-12-19(24)15-18)23-27-26-22(28-23)17-9-4-3-5-10-17/h3-15,21,25H,2H2,1H3/t21-/m0/s1. The highest BCUT2D eigenvalue weighted by Crippen LogP contribution is 2.30. The topological polar surface area (TPSA) is 51.0 Å². The van der Waals surface area contributed by atoms with Crippen molar-refractivity contribution in [3.63, 3.8) is 0 Å². The molecule has 0 saturated carbocycles. The summed E-state index contributed by atoms with van der Waals surface area (Å²) >= 11 is 6.23. The number of anilines is 1. The van der Waals surface area contributed by atoms with Crippen LogP contribution >= 0.6 is 11.6 Å². The van der Waals surface area contributed by atoms with Gasteiger partial charge in [-0.15, -0.1) is 10.2 Å². The van der Waals surface area contributed by atoms with E-state index >= 15 is 0 Å². The molecule has 1 aromatic heterocycles. The largest absolute Gasteiger partial charge is 0.418 e. The molecule has 4 nitrogen and oxygen atoms in total. The summed E-state index contributed by atoms with van der Waals surface area (Å²) < 4.78 is 6.03. The van der Waals surface area contributed by atoms with Crippen LogP contribution in [0.3, 0.4) is 0 Å². The second kappa shape index (κ2) is 8.28. The predicted octanol–water partition coefficient (Wildman–Crippen LogP) is 6.15. The minimum Gasteiger partial charge on any atom is -0.418 e. The van der Waals surface area contributed by atoms with Gasteiger partial charge in [0.05, 0.1) is 0 Å². The Labute approximate surface area is 169 Å². The fourth-order valence-corrected chi connectivity index (χ4v) is 3.27. The van der Waals surface area contributed by atoms with Gasteiger partial charge in [-0.2, -0.15) is 0 Å². The van der Waals surface area contributed by atoms with Gasteiger partial charge >= 0.3 is 0 Å². The van der Waals surface area contributed by atoms with Crippen molar-refractivity contribution in [1.82, 2.24) is 10.2 Å². The van der Waals surface area contributed by atoms with Crippen LogP contribution in [-0.2, 0) is 6.42 Å². The van der Waals surface area contributed by atoms with E-state index < -0.39 is 0 Å². The molecule has 0 aliphatic heterocycles. The van der Waals surface area contributed by atoms with Crippen LogP contribution < -0.4 is 5.32 Å². The molecular formula is C23H20ClN3O. The van der Waals surface area contributed by atoms with E-state index in [4.69, 9.17) is 16.0 Å². The van der Waals surface area contributed by atoms with Gasteiger partial charge in [-0.3, -0.25) is 0 Å². The Morgan fingerprint density at radius 1 is 0.929 bits per heavy atom.